The molecule has 4 heteroatoms. The van der Waals surface area contributed by atoms with Crippen LogP contribution in [0.4, 0.5) is 0 Å². The molecule has 1 heterocycles. The Morgan fingerprint density at radius 2 is 1.70 bits per heavy atom. The molecular weight excluding hydrogens is 292 g/mol. The van der Waals surface area contributed by atoms with Gasteiger partial charge in [-0.3, -0.25) is 9.59 Å². The van der Waals surface area contributed by atoms with Gasteiger partial charge in [0.25, 0.3) is 0 Å². The molecule has 0 amide bonds. The van der Waals surface area contributed by atoms with E-state index < -0.39 is 5.97 Å². The van der Waals surface area contributed by atoms with Crippen LogP contribution >= 0.6 is 0 Å². The Bertz CT molecular complexity index is 1140. The molecule has 0 bridgehead atoms. The van der Waals surface area contributed by atoms with Gasteiger partial charge >= 0.3 is 5.97 Å². The zero-order valence-corrected chi connectivity index (χ0v) is 12.3. The molecule has 0 atom stereocenters. The van der Waals surface area contributed by atoms with Gasteiger partial charge in [0.15, 0.2) is 0 Å². The lowest BCUT2D eigenvalue weighted by Gasteiger charge is -2.07. The summed E-state index contributed by atoms with van der Waals surface area (Å²) in [4.78, 5) is 24.1. The number of esters is 1. The lowest BCUT2D eigenvalue weighted by atomic mass is 10.1. The number of benzene rings is 3. The third kappa shape index (κ3) is 2.16. The number of hydrogen-bond acceptors (Lipinski definition) is 4. The topological polar surface area (TPSA) is 56.5 Å². The largest absolute Gasteiger partial charge is 0.456 e. The second-order valence-electron chi connectivity index (χ2n) is 5.35. The molecule has 4 aromatic rings. The highest BCUT2D eigenvalue weighted by Gasteiger charge is 2.14. The Labute approximate surface area is 130 Å². The third-order valence-corrected chi connectivity index (χ3v) is 3.78. The maximum Gasteiger partial charge on any atom is 0.308 e. The minimum absolute atomic E-state index is 0.205. The number of ether oxygens (including phenoxy) is 1. The summed E-state index contributed by atoms with van der Waals surface area (Å²) < 4.78 is 11.0. The number of carbonyl (C=O) groups excluding carboxylic acids is 1. The van der Waals surface area contributed by atoms with Gasteiger partial charge in [0.2, 0.25) is 5.43 Å². The fourth-order valence-corrected chi connectivity index (χ4v) is 2.79. The van der Waals surface area contributed by atoms with Gasteiger partial charge in [-0.05, 0) is 35.0 Å². The predicted octanol–water partition coefficient (Wildman–Crippen LogP) is 4.02. The third-order valence-electron chi connectivity index (χ3n) is 3.78. The molecule has 0 unspecified atom stereocenters. The highest BCUT2D eigenvalue weighted by atomic mass is 16.5. The summed E-state index contributed by atoms with van der Waals surface area (Å²) in [6.45, 7) is 1.30. The molecule has 0 fully saturated rings. The standard InChI is InChI=1S/C19H12O4/c1-11(20)22-15-7-4-8-16-18(15)19(21)14-9-12-5-2-3-6-13(12)10-17(14)23-16/h2-10H,1H3. The Balaban J connectivity index is 2.15. The second-order valence-corrected chi connectivity index (χ2v) is 5.35. The van der Waals surface area contributed by atoms with E-state index in [1.54, 1.807) is 24.3 Å². The Hall–Kier alpha value is -3.14. The van der Waals surface area contributed by atoms with E-state index in [1.165, 1.54) is 6.92 Å². The quantitative estimate of drug-likeness (QED) is 0.303. The first-order chi connectivity index (χ1) is 11.1. The molecule has 0 aliphatic heterocycles. The van der Waals surface area contributed by atoms with Gasteiger partial charge in [-0.2, -0.15) is 0 Å². The summed E-state index contributed by atoms with van der Waals surface area (Å²) in [5.41, 5.74) is 0.710. The van der Waals surface area contributed by atoms with Crippen LogP contribution in [0, 0.1) is 0 Å². The number of rotatable bonds is 1. The maximum atomic E-state index is 12.9. The van der Waals surface area contributed by atoms with Crippen LogP contribution in [-0.4, -0.2) is 5.97 Å². The maximum absolute atomic E-state index is 12.9. The van der Waals surface area contributed by atoms with Crippen molar-refractivity contribution in [1.29, 1.82) is 0 Å². The molecule has 0 radical (unpaired) electrons. The predicted molar refractivity (Wildman–Crippen MR) is 88.8 cm³/mol. The van der Waals surface area contributed by atoms with E-state index in [1.807, 2.05) is 30.3 Å². The average molecular weight is 304 g/mol. The van der Waals surface area contributed by atoms with Gasteiger partial charge in [-0.25, -0.2) is 0 Å². The van der Waals surface area contributed by atoms with E-state index in [2.05, 4.69) is 0 Å². The summed E-state index contributed by atoms with van der Waals surface area (Å²) in [6, 6.07) is 16.4. The van der Waals surface area contributed by atoms with Crippen molar-refractivity contribution < 1.29 is 13.9 Å². The normalized spacial score (nSPS) is 11.2. The molecule has 3 aromatic carbocycles. The number of carbonyl (C=O) groups is 1. The van der Waals surface area contributed by atoms with E-state index in [0.29, 0.717) is 16.6 Å². The van der Waals surface area contributed by atoms with Crippen molar-refractivity contribution >= 4 is 38.7 Å². The van der Waals surface area contributed by atoms with Gasteiger partial charge in [0.1, 0.15) is 22.3 Å². The lowest BCUT2D eigenvalue weighted by Crippen LogP contribution is -2.08. The van der Waals surface area contributed by atoms with Crippen LogP contribution in [0.1, 0.15) is 6.92 Å². The highest BCUT2D eigenvalue weighted by Crippen LogP contribution is 2.28. The van der Waals surface area contributed by atoms with Crippen molar-refractivity contribution in [3.8, 4) is 5.75 Å². The van der Waals surface area contributed by atoms with Crippen LogP contribution in [0.2, 0.25) is 0 Å². The zero-order chi connectivity index (χ0) is 16.0. The van der Waals surface area contributed by atoms with E-state index in [-0.39, 0.29) is 16.6 Å². The number of hydrogen-bond donors (Lipinski definition) is 0. The summed E-state index contributed by atoms with van der Waals surface area (Å²) in [6.07, 6.45) is 0. The highest BCUT2D eigenvalue weighted by molar-refractivity contribution is 6.00. The summed E-state index contributed by atoms with van der Waals surface area (Å²) in [5.74, 6) is -0.255. The lowest BCUT2D eigenvalue weighted by molar-refractivity contribution is -0.131. The Morgan fingerprint density at radius 1 is 0.957 bits per heavy atom. The Kier molecular flexibility index (Phi) is 2.91. The molecule has 0 spiro atoms. The summed E-state index contributed by atoms with van der Waals surface area (Å²) >= 11 is 0. The van der Waals surface area contributed by atoms with Crippen molar-refractivity contribution in [3.63, 3.8) is 0 Å². The molecule has 112 valence electrons. The van der Waals surface area contributed by atoms with E-state index in [4.69, 9.17) is 9.15 Å². The fourth-order valence-electron chi connectivity index (χ4n) is 2.79. The van der Waals surface area contributed by atoms with Gasteiger partial charge in [-0.15, -0.1) is 0 Å². The first-order valence-corrected chi connectivity index (χ1v) is 7.20. The number of fused-ring (bicyclic) bond motifs is 3. The van der Waals surface area contributed by atoms with E-state index >= 15 is 0 Å². The molecule has 0 N–H and O–H groups in total. The van der Waals surface area contributed by atoms with Crippen molar-refractivity contribution in [3.05, 3.63) is 64.8 Å². The van der Waals surface area contributed by atoms with Crippen LogP contribution < -0.4 is 10.2 Å². The van der Waals surface area contributed by atoms with E-state index in [9.17, 15) is 9.59 Å². The van der Waals surface area contributed by atoms with Crippen molar-refractivity contribution in [2.24, 2.45) is 0 Å². The molecule has 4 nitrogen and oxygen atoms in total. The monoisotopic (exact) mass is 304 g/mol. The average Bonchev–Trinajstić information content (AvgIpc) is 2.53. The van der Waals surface area contributed by atoms with Gasteiger partial charge in [0, 0.05) is 6.92 Å². The molecule has 0 aliphatic carbocycles. The van der Waals surface area contributed by atoms with Crippen molar-refractivity contribution in [2.45, 2.75) is 6.92 Å². The van der Waals surface area contributed by atoms with Crippen LogP contribution in [0.3, 0.4) is 0 Å². The zero-order valence-electron chi connectivity index (χ0n) is 12.3. The Morgan fingerprint density at radius 3 is 2.43 bits per heavy atom. The van der Waals surface area contributed by atoms with Crippen LogP contribution in [-0.2, 0) is 4.79 Å². The van der Waals surface area contributed by atoms with Crippen molar-refractivity contribution in [2.75, 3.05) is 0 Å². The van der Waals surface area contributed by atoms with Crippen molar-refractivity contribution in [1.82, 2.24) is 0 Å². The van der Waals surface area contributed by atoms with Gasteiger partial charge in [0.05, 0.1) is 5.39 Å². The molecule has 23 heavy (non-hydrogen) atoms. The molecule has 4 rings (SSSR count). The van der Waals surface area contributed by atoms with Crippen LogP contribution in [0.25, 0.3) is 32.7 Å². The minimum atomic E-state index is -0.476. The summed E-state index contributed by atoms with van der Waals surface area (Å²) in [7, 11) is 0. The molecule has 0 saturated heterocycles. The van der Waals surface area contributed by atoms with E-state index in [0.717, 1.165) is 10.8 Å². The SMILES string of the molecule is CC(=O)Oc1cccc2oc3cc4ccccc4cc3c(=O)c12. The molecule has 1 aromatic heterocycles. The molecule has 0 aliphatic rings. The van der Waals surface area contributed by atoms with Gasteiger partial charge in [-0.1, -0.05) is 30.3 Å². The van der Waals surface area contributed by atoms with Gasteiger partial charge < -0.3 is 9.15 Å². The fraction of sp³-hybridized carbons (Fsp3) is 0.0526. The molecular formula is C19H12O4. The van der Waals surface area contributed by atoms with Crippen LogP contribution in [0.15, 0.2) is 63.8 Å². The first kappa shape index (κ1) is 13.5. The minimum Gasteiger partial charge on any atom is -0.456 e. The molecule has 0 saturated carbocycles. The summed E-state index contributed by atoms with van der Waals surface area (Å²) in [5, 5.41) is 2.71. The first-order valence-electron chi connectivity index (χ1n) is 7.20. The second kappa shape index (κ2) is 4.95. The smallest absolute Gasteiger partial charge is 0.308 e. The van der Waals surface area contributed by atoms with Crippen LogP contribution in [0.5, 0.6) is 5.75 Å².